The van der Waals surface area contributed by atoms with Gasteiger partial charge in [0.2, 0.25) is 11.8 Å². The highest BCUT2D eigenvalue weighted by Crippen LogP contribution is 2.28. The summed E-state index contributed by atoms with van der Waals surface area (Å²) in [5, 5.41) is 2.57. The van der Waals surface area contributed by atoms with Crippen molar-refractivity contribution in [2.75, 3.05) is 18.0 Å². The summed E-state index contributed by atoms with van der Waals surface area (Å²) >= 11 is 3.44. The molecule has 0 spiro atoms. The second-order valence-corrected chi connectivity index (χ2v) is 7.56. The summed E-state index contributed by atoms with van der Waals surface area (Å²) in [6, 6.07) is 14.9. The van der Waals surface area contributed by atoms with Gasteiger partial charge in [0, 0.05) is 23.1 Å². The van der Waals surface area contributed by atoms with Gasteiger partial charge in [0.1, 0.15) is 13.2 Å². The molecule has 0 saturated carbocycles. The lowest BCUT2D eigenvalue weighted by atomic mass is 10.1. The standard InChI is InChI=1S/C21H21BrN2O4/c1-14-9-17(7-8-18(14)22)24-12-16(10-19(24)25)21(27)23-11-20(26)28-13-15-5-3-2-4-6-15/h2-9,16H,10-13H2,1H3,(H,23,27). The maximum Gasteiger partial charge on any atom is 0.325 e. The van der Waals surface area contributed by atoms with Crippen molar-refractivity contribution < 1.29 is 19.1 Å². The fraction of sp³-hybridized carbons (Fsp3) is 0.286. The van der Waals surface area contributed by atoms with Crippen LogP contribution >= 0.6 is 15.9 Å². The zero-order valence-corrected chi connectivity index (χ0v) is 17.1. The zero-order chi connectivity index (χ0) is 20.1. The summed E-state index contributed by atoms with van der Waals surface area (Å²) in [6.45, 7) is 2.19. The molecule has 28 heavy (non-hydrogen) atoms. The number of hydrogen-bond donors (Lipinski definition) is 1. The van der Waals surface area contributed by atoms with E-state index in [-0.39, 0.29) is 31.4 Å². The van der Waals surface area contributed by atoms with Crippen LogP contribution in [0.5, 0.6) is 0 Å². The van der Waals surface area contributed by atoms with Crippen molar-refractivity contribution in [3.63, 3.8) is 0 Å². The number of nitrogens with one attached hydrogen (secondary N) is 1. The van der Waals surface area contributed by atoms with Crippen molar-refractivity contribution in [1.82, 2.24) is 5.32 Å². The molecule has 0 aliphatic carbocycles. The minimum Gasteiger partial charge on any atom is -0.460 e. The van der Waals surface area contributed by atoms with Gasteiger partial charge in [-0.05, 0) is 36.2 Å². The van der Waals surface area contributed by atoms with E-state index in [1.807, 2.05) is 55.5 Å². The van der Waals surface area contributed by atoms with E-state index < -0.39 is 11.9 Å². The maximum atomic E-state index is 12.4. The first-order valence-corrected chi connectivity index (χ1v) is 9.77. The van der Waals surface area contributed by atoms with Crippen molar-refractivity contribution in [3.05, 3.63) is 64.1 Å². The van der Waals surface area contributed by atoms with Crippen molar-refractivity contribution in [2.45, 2.75) is 20.0 Å². The lowest BCUT2D eigenvalue weighted by Gasteiger charge is -2.17. The Morgan fingerprint density at radius 1 is 1.21 bits per heavy atom. The molecule has 0 radical (unpaired) electrons. The molecule has 2 aromatic carbocycles. The van der Waals surface area contributed by atoms with Gasteiger partial charge >= 0.3 is 5.97 Å². The molecule has 1 heterocycles. The third-order valence-electron chi connectivity index (χ3n) is 4.60. The minimum absolute atomic E-state index is 0.103. The SMILES string of the molecule is Cc1cc(N2CC(C(=O)NCC(=O)OCc3ccccc3)CC2=O)ccc1Br. The van der Waals surface area contributed by atoms with Gasteiger partial charge < -0.3 is 15.0 Å². The predicted molar refractivity (Wildman–Crippen MR) is 109 cm³/mol. The molecule has 1 aliphatic heterocycles. The Morgan fingerprint density at radius 2 is 1.96 bits per heavy atom. The Hall–Kier alpha value is -2.67. The Bertz CT molecular complexity index is 885. The molecule has 0 bridgehead atoms. The summed E-state index contributed by atoms with van der Waals surface area (Å²) in [7, 11) is 0. The van der Waals surface area contributed by atoms with Gasteiger partial charge in [0.25, 0.3) is 0 Å². The lowest BCUT2D eigenvalue weighted by Crippen LogP contribution is -2.36. The lowest BCUT2D eigenvalue weighted by molar-refractivity contribution is -0.145. The highest BCUT2D eigenvalue weighted by molar-refractivity contribution is 9.10. The Kier molecular flexibility index (Phi) is 6.46. The molecule has 0 aromatic heterocycles. The summed E-state index contributed by atoms with van der Waals surface area (Å²) in [6.07, 6.45) is 0.125. The molecule has 1 saturated heterocycles. The highest BCUT2D eigenvalue weighted by Gasteiger charge is 2.35. The van der Waals surface area contributed by atoms with Crippen LogP contribution in [0.1, 0.15) is 17.5 Å². The van der Waals surface area contributed by atoms with Crippen LogP contribution in [-0.4, -0.2) is 30.9 Å². The van der Waals surface area contributed by atoms with Crippen LogP contribution < -0.4 is 10.2 Å². The quantitative estimate of drug-likeness (QED) is 0.694. The number of amides is 2. The number of halogens is 1. The normalized spacial score (nSPS) is 16.1. The molecule has 1 atom stereocenters. The number of ether oxygens (including phenoxy) is 1. The van der Waals surface area contributed by atoms with E-state index in [9.17, 15) is 14.4 Å². The van der Waals surface area contributed by atoms with E-state index in [4.69, 9.17) is 4.74 Å². The van der Waals surface area contributed by atoms with Crippen LogP contribution in [0.2, 0.25) is 0 Å². The molecule has 1 N–H and O–H groups in total. The molecule has 1 aliphatic rings. The molecule has 146 valence electrons. The summed E-state index contributed by atoms with van der Waals surface area (Å²) in [4.78, 5) is 38.1. The predicted octanol–water partition coefficient (Wildman–Crippen LogP) is 2.97. The van der Waals surface area contributed by atoms with Gasteiger partial charge in [-0.2, -0.15) is 0 Å². The summed E-state index contributed by atoms with van der Waals surface area (Å²) in [5.41, 5.74) is 2.66. The topological polar surface area (TPSA) is 75.7 Å². The number of benzene rings is 2. The Morgan fingerprint density at radius 3 is 2.68 bits per heavy atom. The molecule has 3 rings (SSSR count). The van der Waals surface area contributed by atoms with Crippen LogP contribution in [0.25, 0.3) is 0 Å². The van der Waals surface area contributed by atoms with Crippen molar-refractivity contribution in [3.8, 4) is 0 Å². The van der Waals surface area contributed by atoms with Crippen LogP contribution in [-0.2, 0) is 25.7 Å². The minimum atomic E-state index is -0.512. The monoisotopic (exact) mass is 444 g/mol. The smallest absolute Gasteiger partial charge is 0.325 e. The van der Waals surface area contributed by atoms with E-state index in [1.54, 1.807) is 4.90 Å². The van der Waals surface area contributed by atoms with Crippen LogP contribution in [0.15, 0.2) is 53.0 Å². The zero-order valence-electron chi connectivity index (χ0n) is 15.5. The maximum absolute atomic E-state index is 12.4. The van der Waals surface area contributed by atoms with Gasteiger partial charge in [0.15, 0.2) is 0 Å². The average molecular weight is 445 g/mol. The molecule has 6 nitrogen and oxygen atoms in total. The Balaban J connectivity index is 1.49. The number of rotatable bonds is 6. The van der Waals surface area contributed by atoms with Crippen molar-refractivity contribution in [2.24, 2.45) is 5.92 Å². The molecule has 7 heteroatoms. The number of esters is 1. The van der Waals surface area contributed by atoms with Crippen molar-refractivity contribution >= 4 is 39.4 Å². The fourth-order valence-electron chi connectivity index (χ4n) is 3.02. The number of hydrogen-bond acceptors (Lipinski definition) is 4. The van der Waals surface area contributed by atoms with E-state index in [0.29, 0.717) is 6.54 Å². The second-order valence-electron chi connectivity index (χ2n) is 6.70. The average Bonchev–Trinajstić information content (AvgIpc) is 3.09. The molecule has 2 amide bonds. The fourth-order valence-corrected chi connectivity index (χ4v) is 3.27. The van der Waals surface area contributed by atoms with E-state index in [1.165, 1.54) is 0 Å². The highest BCUT2D eigenvalue weighted by atomic mass is 79.9. The van der Waals surface area contributed by atoms with Gasteiger partial charge in [-0.3, -0.25) is 14.4 Å². The van der Waals surface area contributed by atoms with E-state index in [2.05, 4.69) is 21.2 Å². The summed E-state index contributed by atoms with van der Waals surface area (Å²) < 4.78 is 6.11. The third-order valence-corrected chi connectivity index (χ3v) is 5.49. The van der Waals surface area contributed by atoms with Crippen LogP contribution in [0.4, 0.5) is 5.69 Å². The van der Waals surface area contributed by atoms with Crippen LogP contribution in [0, 0.1) is 12.8 Å². The first-order chi connectivity index (χ1) is 13.4. The third kappa shape index (κ3) is 4.98. The van der Waals surface area contributed by atoms with Gasteiger partial charge in [-0.15, -0.1) is 0 Å². The molecular weight excluding hydrogens is 424 g/mol. The van der Waals surface area contributed by atoms with Gasteiger partial charge in [-0.25, -0.2) is 0 Å². The number of carbonyl (C=O) groups excluding carboxylic acids is 3. The van der Waals surface area contributed by atoms with Crippen molar-refractivity contribution in [1.29, 1.82) is 0 Å². The number of anilines is 1. The molecular formula is C21H21BrN2O4. The first-order valence-electron chi connectivity index (χ1n) is 8.98. The first kappa shape index (κ1) is 20.1. The van der Waals surface area contributed by atoms with Gasteiger partial charge in [-0.1, -0.05) is 46.3 Å². The second kappa shape index (κ2) is 9.01. The number of carbonyl (C=O) groups is 3. The van der Waals surface area contributed by atoms with E-state index in [0.717, 1.165) is 21.3 Å². The molecule has 2 aromatic rings. The molecule has 1 fully saturated rings. The van der Waals surface area contributed by atoms with E-state index >= 15 is 0 Å². The Labute approximate surface area is 172 Å². The van der Waals surface area contributed by atoms with Gasteiger partial charge in [0.05, 0.1) is 5.92 Å². The van der Waals surface area contributed by atoms with Crippen LogP contribution in [0.3, 0.4) is 0 Å². The molecule has 1 unspecified atom stereocenters. The number of nitrogens with zero attached hydrogens (tertiary/aromatic N) is 1. The number of aryl methyl sites for hydroxylation is 1. The largest absolute Gasteiger partial charge is 0.460 e. The summed E-state index contributed by atoms with van der Waals surface area (Å²) in [5.74, 6) is -1.42.